The highest BCUT2D eigenvalue weighted by Gasteiger charge is 2.41. The summed E-state index contributed by atoms with van der Waals surface area (Å²) in [4.78, 5) is 11.5. The normalized spacial score (nSPS) is 43.7. The standard InChI is InChI=1S/C11H19NO2/c1-7-10(8(2)12-11(7)13)9-4-3-5-14-6-9/h7-10H,3-6H2,1-2H3,(H,12,13). The molecular formula is C11H19NO2. The minimum absolute atomic E-state index is 0.164. The molecule has 4 atom stereocenters. The van der Waals surface area contributed by atoms with E-state index in [0.717, 1.165) is 19.6 Å². The van der Waals surface area contributed by atoms with Crippen molar-refractivity contribution in [2.45, 2.75) is 32.7 Å². The van der Waals surface area contributed by atoms with Gasteiger partial charge in [-0.05, 0) is 31.6 Å². The third kappa shape index (κ3) is 1.65. The lowest BCUT2D eigenvalue weighted by molar-refractivity contribution is -0.123. The largest absolute Gasteiger partial charge is 0.381 e. The summed E-state index contributed by atoms with van der Waals surface area (Å²) in [5.74, 6) is 1.43. The van der Waals surface area contributed by atoms with Crippen molar-refractivity contribution in [3.05, 3.63) is 0 Å². The van der Waals surface area contributed by atoms with E-state index in [1.807, 2.05) is 6.92 Å². The van der Waals surface area contributed by atoms with E-state index in [9.17, 15) is 4.79 Å². The lowest BCUT2D eigenvalue weighted by Gasteiger charge is -2.31. The zero-order valence-electron chi connectivity index (χ0n) is 8.95. The van der Waals surface area contributed by atoms with Gasteiger partial charge >= 0.3 is 0 Å². The molecule has 1 N–H and O–H groups in total. The van der Waals surface area contributed by atoms with Crippen LogP contribution in [0.1, 0.15) is 26.7 Å². The van der Waals surface area contributed by atoms with Gasteiger partial charge in [0, 0.05) is 25.2 Å². The Morgan fingerprint density at radius 3 is 2.71 bits per heavy atom. The molecule has 2 aliphatic heterocycles. The molecule has 1 amide bonds. The zero-order chi connectivity index (χ0) is 10.1. The SMILES string of the molecule is CC1NC(=O)C(C)C1C1CCCOC1. The quantitative estimate of drug-likeness (QED) is 0.685. The van der Waals surface area contributed by atoms with Gasteiger partial charge in [0.05, 0.1) is 0 Å². The molecular weight excluding hydrogens is 178 g/mol. The minimum atomic E-state index is 0.164. The van der Waals surface area contributed by atoms with Gasteiger partial charge in [0.25, 0.3) is 0 Å². The molecule has 0 aromatic heterocycles. The van der Waals surface area contributed by atoms with E-state index in [0.29, 0.717) is 17.9 Å². The third-order valence-corrected chi connectivity index (χ3v) is 3.68. The molecule has 0 aromatic rings. The van der Waals surface area contributed by atoms with Gasteiger partial charge in [0.2, 0.25) is 5.91 Å². The fraction of sp³-hybridized carbons (Fsp3) is 0.909. The summed E-state index contributed by atoms with van der Waals surface area (Å²) in [5.41, 5.74) is 0. The van der Waals surface area contributed by atoms with Crippen LogP contribution in [0.15, 0.2) is 0 Å². The van der Waals surface area contributed by atoms with Crippen LogP contribution in [0.2, 0.25) is 0 Å². The molecule has 2 fully saturated rings. The molecule has 2 heterocycles. The van der Waals surface area contributed by atoms with Crippen molar-refractivity contribution in [1.82, 2.24) is 5.32 Å². The van der Waals surface area contributed by atoms with Gasteiger partial charge in [-0.1, -0.05) is 6.92 Å². The highest BCUT2D eigenvalue weighted by Crippen LogP contribution is 2.34. The number of nitrogens with one attached hydrogen (secondary N) is 1. The Morgan fingerprint density at radius 1 is 1.43 bits per heavy atom. The molecule has 2 rings (SSSR count). The molecule has 2 saturated heterocycles. The van der Waals surface area contributed by atoms with E-state index in [4.69, 9.17) is 4.74 Å². The van der Waals surface area contributed by atoms with Crippen molar-refractivity contribution >= 4 is 5.91 Å². The summed E-state index contributed by atoms with van der Waals surface area (Å²) in [5, 5.41) is 3.02. The monoisotopic (exact) mass is 197 g/mol. The van der Waals surface area contributed by atoms with Crippen molar-refractivity contribution < 1.29 is 9.53 Å². The van der Waals surface area contributed by atoms with Crippen LogP contribution in [0.4, 0.5) is 0 Å². The zero-order valence-corrected chi connectivity index (χ0v) is 8.95. The van der Waals surface area contributed by atoms with E-state index in [1.54, 1.807) is 0 Å². The molecule has 0 radical (unpaired) electrons. The first kappa shape index (κ1) is 9.97. The van der Waals surface area contributed by atoms with Crippen molar-refractivity contribution in [2.75, 3.05) is 13.2 Å². The van der Waals surface area contributed by atoms with Crippen molar-refractivity contribution in [3.63, 3.8) is 0 Å². The maximum absolute atomic E-state index is 11.5. The van der Waals surface area contributed by atoms with Gasteiger partial charge in [-0.15, -0.1) is 0 Å². The summed E-state index contributed by atoms with van der Waals surface area (Å²) < 4.78 is 5.49. The Kier molecular flexibility index (Phi) is 2.77. The van der Waals surface area contributed by atoms with Gasteiger partial charge < -0.3 is 10.1 Å². The molecule has 2 aliphatic rings. The summed E-state index contributed by atoms with van der Waals surface area (Å²) in [6.07, 6.45) is 2.36. The maximum Gasteiger partial charge on any atom is 0.223 e. The van der Waals surface area contributed by atoms with Crippen LogP contribution < -0.4 is 5.32 Å². The molecule has 3 nitrogen and oxygen atoms in total. The molecule has 0 aromatic carbocycles. The Hall–Kier alpha value is -0.570. The van der Waals surface area contributed by atoms with E-state index in [1.165, 1.54) is 6.42 Å². The number of rotatable bonds is 1. The predicted octanol–water partition coefficient (Wildman–Crippen LogP) is 1.18. The van der Waals surface area contributed by atoms with Crippen LogP contribution in [0, 0.1) is 17.8 Å². The second-order valence-electron chi connectivity index (χ2n) is 4.64. The molecule has 14 heavy (non-hydrogen) atoms. The molecule has 4 unspecified atom stereocenters. The summed E-state index contributed by atoms with van der Waals surface area (Å²) in [6, 6.07) is 0.323. The van der Waals surface area contributed by atoms with Crippen LogP contribution in [-0.4, -0.2) is 25.2 Å². The lowest BCUT2D eigenvalue weighted by Crippen LogP contribution is -2.34. The summed E-state index contributed by atoms with van der Waals surface area (Å²) >= 11 is 0. The Labute approximate surface area is 85.2 Å². The van der Waals surface area contributed by atoms with Gasteiger partial charge in [0.15, 0.2) is 0 Å². The van der Waals surface area contributed by atoms with E-state index < -0.39 is 0 Å². The lowest BCUT2D eigenvalue weighted by atomic mass is 9.78. The Morgan fingerprint density at radius 2 is 2.21 bits per heavy atom. The number of carbonyl (C=O) groups is 1. The van der Waals surface area contributed by atoms with Gasteiger partial charge in [-0.3, -0.25) is 4.79 Å². The minimum Gasteiger partial charge on any atom is -0.381 e. The van der Waals surface area contributed by atoms with E-state index in [2.05, 4.69) is 12.2 Å². The fourth-order valence-corrected chi connectivity index (χ4v) is 2.95. The predicted molar refractivity (Wildman–Crippen MR) is 53.8 cm³/mol. The second kappa shape index (κ2) is 3.89. The number of carbonyl (C=O) groups excluding carboxylic acids is 1. The third-order valence-electron chi connectivity index (χ3n) is 3.68. The van der Waals surface area contributed by atoms with E-state index >= 15 is 0 Å². The molecule has 0 aliphatic carbocycles. The average molecular weight is 197 g/mol. The first-order chi connectivity index (χ1) is 6.70. The first-order valence-electron chi connectivity index (χ1n) is 5.58. The number of ether oxygens (including phenoxy) is 1. The molecule has 0 bridgehead atoms. The number of amides is 1. The van der Waals surface area contributed by atoms with Crippen LogP contribution in [0.3, 0.4) is 0 Å². The van der Waals surface area contributed by atoms with Crippen molar-refractivity contribution in [1.29, 1.82) is 0 Å². The van der Waals surface area contributed by atoms with Crippen LogP contribution >= 0.6 is 0 Å². The molecule has 3 heteroatoms. The summed E-state index contributed by atoms with van der Waals surface area (Å²) in [6.45, 7) is 5.89. The van der Waals surface area contributed by atoms with Crippen molar-refractivity contribution in [2.24, 2.45) is 17.8 Å². The molecule has 0 spiro atoms. The topological polar surface area (TPSA) is 38.3 Å². The molecule has 0 saturated carbocycles. The van der Waals surface area contributed by atoms with E-state index in [-0.39, 0.29) is 11.8 Å². The van der Waals surface area contributed by atoms with Crippen LogP contribution in [0.25, 0.3) is 0 Å². The van der Waals surface area contributed by atoms with Gasteiger partial charge in [0.1, 0.15) is 0 Å². The average Bonchev–Trinajstić information content (AvgIpc) is 2.43. The van der Waals surface area contributed by atoms with Crippen LogP contribution in [0.5, 0.6) is 0 Å². The van der Waals surface area contributed by atoms with Crippen molar-refractivity contribution in [3.8, 4) is 0 Å². The first-order valence-corrected chi connectivity index (χ1v) is 5.58. The second-order valence-corrected chi connectivity index (χ2v) is 4.64. The smallest absolute Gasteiger partial charge is 0.223 e. The molecule has 80 valence electrons. The highest BCUT2D eigenvalue weighted by atomic mass is 16.5. The number of hydrogen-bond acceptors (Lipinski definition) is 2. The Balaban J connectivity index is 2.04. The fourth-order valence-electron chi connectivity index (χ4n) is 2.95. The van der Waals surface area contributed by atoms with Gasteiger partial charge in [-0.25, -0.2) is 0 Å². The van der Waals surface area contributed by atoms with Crippen LogP contribution in [-0.2, 0) is 9.53 Å². The highest BCUT2D eigenvalue weighted by molar-refractivity contribution is 5.81. The van der Waals surface area contributed by atoms with Gasteiger partial charge in [-0.2, -0.15) is 0 Å². The number of hydrogen-bond donors (Lipinski definition) is 1. The Bertz CT molecular complexity index is 223. The summed E-state index contributed by atoms with van der Waals surface area (Å²) in [7, 11) is 0. The maximum atomic E-state index is 11.5.